The number of rotatable bonds is 3. The van der Waals surface area contributed by atoms with Crippen LogP contribution in [-0.2, 0) is 14.3 Å². The van der Waals surface area contributed by atoms with Gasteiger partial charge in [0.15, 0.2) is 6.10 Å². The quantitative estimate of drug-likeness (QED) is 0.654. The predicted molar refractivity (Wildman–Crippen MR) is 118 cm³/mol. The first-order valence-corrected chi connectivity index (χ1v) is 10.0. The number of benzene rings is 2. The molecule has 31 heavy (non-hydrogen) atoms. The zero-order valence-corrected chi connectivity index (χ0v) is 17.8. The molecule has 0 spiro atoms. The van der Waals surface area contributed by atoms with Crippen molar-refractivity contribution in [3.63, 3.8) is 0 Å². The van der Waals surface area contributed by atoms with E-state index in [2.05, 4.69) is 10.3 Å². The number of ether oxygens (including phenoxy) is 1. The molecule has 1 atom stereocenters. The standard InChI is InChI=1S/C24H23N3O4/c1-14-13-17(16-9-5-6-10-18(16)25-14)22(29)31-15(2)21(28)27-20-12-8-7-11-19(20)26-23(30)24(27,3)4/h5-13,15H,1-4H3,(H,26,30)/t15-/m0/s1. The van der Waals surface area contributed by atoms with Crippen LogP contribution in [0.5, 0.6) is 0 Å². The number of nitrogens with one attached hydrogen (secondary N) is 1. The number of carbonyl (C=O) groups excluding carboxylic acids is 3. The van der Waals surface area contributed by atoms with E-state index in [0.29, 0.717) is 33.5 Å². The molecule has 0 unspecified atom stereocenters. The predicted octanol–water partition coefficient (Wildman–Crippen LogP) is 3.85. The summed E-state index contributed by atoms with van der Waals surface area (Å²) in [6.07, 6.45) is -1.10. The summed E-state index contributed by atoms with van der Waals surface area (Å²) in [5, 5.41) is 3.47. The molecular weight excluding hydrogens is 394 g/mol. The van der Waals surface area contributed by atoms with Crippen molar-refractivity contribution in [2.45, 2.75) is 39.3 Å². The maximum Gasteiger partial charge on any atom is 0.339 e. The second-order valence-corrected chi connectivity index (χ2v) is 8.08. The van der Waals surface area contributed by atoms with Gasteiger partial charge in [-0.25, -0.2) is 4.79 Å². The minimum absolute atomic E-state index is 0.311. The van der Waals surface area contributed by atoms with Gasteiger partial charge in [-0.2, -0.15) is 0 Å². The van der Waals surface area contributed by atoms with Crippen molar-refractivity contribution in [1.29, 1.82) is 0 Å². The van der Waals surface area contributed by atoms with Crippen LogP contribution in [0.15, 0.2) is 54.6 Å². The number of esters is 1. The molecule has 1 N–H and O–H groups in total. The van der Waals surface area contributed by atoms with Gasteiger partial charge in [0.05, 0.1) is 22.5 Å². The van der Waals surface area contributed by atoms with E-state index in [4.69, 9.17) is 4.74 Å². The van der Waals surface area contributed by atoms with E-state index in [0.717, 1.165) is 0 Å². The Morgan fingerprint density at radius 3 is 2.55 bits per heavy atom. The van der Waals surface area contributed by atoms with Crippen LogP contribution in [0.1, 0.15) is 36.8 Å². The highest BCUT2D eigenvalue weighted by molar-refractivity contribution is 6.15. The number of carbonyl (C=O) groups is 3. The lowest BCUT2D eigenvalue weighted by Gasteiger charge is -2.42. The van der Waals surface area contributed by atoms with Gasteiger partial charge in [0, 0.05) is 11.1 Å². The van der Waals surface area contributed by atoms with E-state index in [1.807, 2.05) is 18.2 Å². The molecular formula is C24H23N3O4. The number of hydrogen-bond donors (Lipinski definition) is 1. The Kier molecular flexibility index (Phi) is 4.97. The number of amides is 2. The molecule has 0 saturated carbocycles. The fraction of sp³-hybridized carbons (Fsp3) is 0.250. The molecule has 1 aromatic heterocycles. The lowest BCUT2D eigenvalue weighted by atomic mass is 9.95. The molecule has 0 saturated heterocycles. The van der Waals surface area contributed by atoms with E-state index >= 15 is 0 Å². The summed E-state index contributed by atoms with van der Waals surface area (Å²) in [7, 11) is 0. The summed E-state index contributed by atoms with van der Waals surface area (Å²) in [5.41, 5.74) is 1.65. The van der Waals surface area contributed by atoms with Gasteiger partial charge in [-0.05, 0) is 52.0 Å². The molecule has 4 rings (SSSR count). The number of pyridine rings is 1. The van der Waals surface area contributed by atoms with Gasteiger partial charge in [-0.3, -0.25) is 19.5 Å². The maximum atomic E-state index is 13.4. The third kappa shape index (κ3) is 3.52. The number of nitrogens with zero attached hydrogens (tertiary/aromatic N) is 2. The Morgan fingerprint density at radius 1 is 1.10 bits per heavy atom. The van der Waals surface area contributed by atoms with E-state index in [9.17, 15) is 14.4 Å². The third-order valence-electron chi connectivity index (χ3n) is 5.42. The molecule has 2 heterocycles. The van der Waals surface area contributed by atoms with E-state index in [-0.39, 0.29) is 5.91 Å². The smallest absolute Gasteiger partial charge is 0.339 e. The highest BCUT2D eigenvalue weighted by Gasteiger charge is 2.45. The lowest BCUT2D eigenvalue weighted by molar-refractivity contribution is -0.131. The molecule has 0 fully saturated rings. The minimum atomic E-state index is -1.15. The molecule has 7 nitrogen and oxygen atoms in total. The van der Waals surface area contributed by atoms with E-state index in [1.54, 1.807) is 57.2 Å². The number of aryl methyl sites for hydroxylation is 1. The first-order chi connectivity index (χ1) is 14.7. The average molecular weight is 417 g/mol. The number of fused-ring (bicyclic) bond motifs is 2. The maximum absolute atomic E-state index is 13.4. The van der Waals surface area contributed by atoms with Crippen molar-refractivity contribution in [3.05, 3.63) is 65.9 Å². The molecule has 0 radical (unpaired) electrons. The van der Waals surface area contributed by atoms with Gasteiger partial charge in [-0.1, -0.05) is 30.3 Å². The Labute approximate surface area is 180 Å². The minimum Gasteiger partial charge on any atom is -0.449 e. The zero-order valence-electron chi connectivity index (χ0n) is 17.8. The topological polar surface area (TPSA) is 88.6 Å². The molecule has 1 aliphatic heterocycles. The Hall–Kier alpha value is -3.74. The normalized spacial score (nSPS) is 15.7. The van der Waals surface area contributed by atoms with Crippen LogP contribution in [0.3, 0.4) is 0 Å². The molecule has 0 bridgehead atoms. The van der Waals surface area contributed by atoms with Crippen LogP contribution in [-0.4, -0.2) is 34.4 Å². The van der Waals surface area contributed by atoms with Gasteiger partial charge in [0.25, 0.3) is 5.91 Å². The van der Waals surface area contributed by atoms with E-state index < -0.39 is 23.5 Å². The molecule has 3 aromatic rings. The van der Waals surface area contributed by atoms with Gasteiger partial charge in [0.2, 0.25) is 5.91 Å². The summed E-state index contributed by atoms with van der Waals surface area (Å²) in [6.45, 7) is 6.63. The van der Waals surface area contributed by atoms with Crippen LogP contribution in [0.25, 0.3) is 10.9 Å². The Bertz CT molecular complexity index is 1220. The van der Waals surface area contributed by atoms with Crippen LogP contribution in [0, 0.1) is 6.92 Å². The van der Waals surface area contributed by atoms with Crippen LogP contribution in [0.4, 0.5) is 11.4 Å². The largest absolute Gasteiger partial charge is 0.449 e. The Balaban J connectivity index is 1.65. The van der Waals surface area contributed by atoms with Crippen molar-refractivity contribution in [1.82, 2.24) is 4.98 Å². The Morgan fingerprint density at radius 2 is 1.77 bits per heavy atom. The first-order valence-electron chi connectivity index (χ1n) is 10.0. The summed E-state index contributed by atoms with van der Waals surface area (Å²) in [5.74, 6) is -1.40. The molecule has 1 aliphatic rings. The zero-order chi connectivity index (χ0) is 22.3. The van der Waals surface area contributed by atoms with Crippen molar-refractivity contribution in [2.24, 2.45) is 0 Å². The van der Waals surface area contributed by atoms with Crippen LogP contribution >= 0.6 is 0 Å². The SMILES string of the molecule is Cc1cc(C(=O)O[C@@H](C)C(=O)N2c3ccccc3NC(=O)C2(C)C)c2ccccc2n1. The van der Waals surface area contributed by atoms with Gasteiger partial charge in [-0.15, -0.1) is 0 Å². The monoisotopic (exact) mass is 417 g/mol. The lowest BCUT2D eigenvalue weighted by Crippen LogP contribution is -2.60. The molecule has 7 heteroatoms. The van der Waals surface area contributed by atoms with E-state index in [1.165, 1.54) is 11.8 Å². The fourth-order valence-electron chi connectivity index (χ4n) is 3.78. The summed E-state index contributed by atoms with van der Waals surface area (Å²) >= 11 is 0. The number of anilines is 2. The van der Waals surface area contributed by atoms with Gasteiger partial charge < -0.3 is 10.1 Å². The summed E-state index contributed by atoms with van der Waals surface area (Å²) in [6, 6.07) is 16.0. The average Bonchev–Trinajstić information content (AvgIpc) is 2.73. The number of para-hydroxylation sites is 3. The third-order valence-corrected chi connectivity index (χ3v) is 5.42. The first kappa shape index (κ1) is 20.5. The number of aromatic nitrogens is 1. The molecule has 0 aliphatic carbocycles. The fourth-order valence-corrected chi connectivity index (χ4v) is 3.78. The summed E-state index contributed by atoms with van der Waals surface area (Å²) < 4.78 is 5.57. The molecule has 158 valence electrons. The van der Waals surface area contributed by atoms with Crippen molar-refractivity contribution < 1.29 is 19.1 Å². The van der Waals surface area contributed by atoms with Gasteiger partial charge >= 0.3 is 5.97 Å². The van der Waals surface area contributed by atoms with Crippen molar-refractivity contribution in [2.75, 3.05) is 10.2 Å². The second-order valence-electron chi connectivity index (χ2n) is 8.08. The second kappa shape index (κ2) is 7.50. The van der Waals surface area contributed by atoms with Gasteiger partial charge in [0.1, 0.15) is 5.54 Å². The molecule has 2 aromatic carbocycles. The van der Waals surface area contributed by atoms with Crippen LogP contribution < -0.4 is 10.2 Å². The highest BCUT2D eigenvalue weighted by Crippen LogP contribution is 2.37. The van der Waals surface area contributed by atoms with Crippen molar-refractivity contribution >= 4 is 40.1 Å². The highest BCUT2D eigenvalue weighted by atomic mass is 16.5. The van der Waals surface area contributed by atoms with Crippen molar-refractivity contribution in [3.8, 4) is 0 Å². The number of hydrogen-bond acceptors (Lipinski definition) is 5. The molecule has 2 amide bonds. The summed E-state index contributed by atoms with van der Waals surface area (Å²) in [4.78, 5) is 44.8. The van der Waals surface area contributed by atoms with Crippen LogP contribution in [0.2, 0.25) is 0 Å².